The second-order valence-electron chi connectivity index (χ2n) is 6.53. The van der Waals surface area contributed by atoms with E-state index in [9.17, 15) is 4.79 Å². The monoisotopic (exact) mass is 608 g/mol. The van der Waals surface area contributed by atoms with Gasteiger partial charge in [-0.05, 0) is 59.0 Å². The first kappa shape index (κ1) is 21.9. The molecule has 8 heteroatoms. The number of halogens is 3. The minimum Gasteiger partial charge on any atom is -0.488 e. The molecule has 0 aliphatic rings. The lowest BCUT2D eigenvalue weighted by atomic mass is 10.2. The molecule has 156 valence electrons. The van der Waals surface area contributed by atoms with Gasteiger partial charge in [0.05, 0.1) is 9.78 Å². The fourth-order valence-electron chi connectivity index (χ4n) is 2.89. The number of fused-ring (bicyclic) bond motifs is 1. The molecule has 0 radical (unpaired) electrons. The minimum absolute atomic E-state index is 0.187. The van der Waals surface area contributed by atoms with Crippen LogP contribution in [0.3, 0.4) is 0 Å². The van der Waals surface area contributed by atoms with Gasteiger partial charge in [0.2, 0.25) is 0 Å². The highest BCUT2D eigenvalue weighted by atomic mass is 127. The molecule has 1 amide bonds. The van der Waals surface area contributed by atoms with Crippen LogP contribution in [0.4, 0.5) is 0 Å². The molecular weight excluding hydrogens is 595 g/mol. The molecule has 31 heavy (non-hydrogen) atoms. The fraction of sp³-hybridized carbons (Fsp3) is 0.0435. The molecule has 1 aromatic heterocycles. The molecule has 4 aromatic rings. The smallest absolute Gasteiger partial charge is 0.307 e. The number of carbonyl (C=O) groups is 1. The highest BCUT2D eigenvalue weighted by Crippen LogP contribution is 2.28. The number of nitrogens with one attached hydrogen (secondary N) is 1. The molecule has 4 rings (SSSR count). The second kappa shape index (κ2) is 9.84. The summed E-state index contributed by atoms with van der Waals surface area (Å²) in [6.07, 6.45) is 1.53. The van der Waals surface area contributed by atoms with Gasteiger partial charge in [-0.3, -0.25) is 4.79 Å². The van der Waals surface area contributed by atoms with Gasteiger partial charge in [-0.25, -0.2) is 5.43 Å². The number of rotatable bonds is 6. The van der Waals surface area contributed by atoms with Crippen LogP contribution < -0.4 is 10.2 Å². The van der Waals surface area contributed by atoms with Crippen molar-refractivity contribution in [3.63, 3.8) is 0 Å². The summed E-state index contributed by atoms with van der Waals surface area (Å²) in [4.78, 5) is 12.5. The van der Waals surface area contributed by atoms with E-state index in [1.807, 2.05) is 60.7 Å². The summed E-state index contributed by atoms with van der Waals surface area (Å²) in [7, 11) is 0. The minimum atomic E-state index is -0.436. The van der Waals surface area contributed by atoms with E-state index in [4.69, 9.17) is 20.8 Å². The Morgan fingerprint density at radius 1 is 1.16 bits per heavy atom. The van der Waals surface area contributed by atoms with Crippen LogP contribution in [-0.4, -0.2) is 12.1 Å². The fourth-order valence-corrected chi connectivity index (χ4v) is 4.74. The third-order valence-corrected chi connectivity index (χ3v) is 6.02. The van der Waals surface area contributed by atoms with Gasteiger partial charge in [0.1, 0.15) is 17.9 Å². The molecule has 0 unspecified atom stereocenters. The average Bonchev–Trinajstić information content (AvgIpc) is 3.18. The second-order valence-corrected chi connectivity index (χ2v) is 9.02. The van der Waals surface area contributed by atoms with E-state index in [0.29, 0.717) is 23.0 Å². The molecule has 0 saturated carbocycles. The molecule has 0 bridgehead atoms. The topological polar surface area (TPSA) is 63.8 Å². The van der Waals surface area contributed by atoms with E-state index < -0.39 is 5.91 Å². The Bertz CT molecular complexity index is 1290. The third kappa shape index (κ3) is 5.28. The van der Waals surface area contributed by atoms with Crippen LogP contribution in [0.25, 0.3) is 11.0 Å². The van der Waals surface area contributed by atoms with Gasteiger partial charge >= 0.3 is 5.91 Å². The zero-order chi connectivity index (χ0) is 21.8. The summed E-state index contributed by atoms with van der Waals surface area (Å²) in [6.45, 7) is 0.323. The van der Waals surface area contributed by atoms with Crippen molar-refractivity contribution in [3.8, 4) is 5.75 Å². The largest absolute Gasteiger partial charge is 0.488 e. The number of hydrogen-bond donors (Lipinski definition) is 1. The van der Waals surface area contributed by atoms with Crippen LogP contribution >= 0.6 is 50.1 Å². The predicted octanol–water partition coefficient (Wildman–Crippen LogP) is 6.80. The number of amides is 1. The predicted molar refractivity (Wildman–Crippen MR) is 134 cm³/mol. The van der Waals surface area contributed by atoms with Gasteiger partial charge in [-0.1, -0.05) is 57.9 Å². The number of para-hydroxylation sites is 1. The lowest BCUT2D eigenvalue weighted by Gasteiger charge is -2.10. The molecule has 5 nitrogen and oxygen atoms in total. The van der Waals surface area contributed by atoms with E-state index in [1.165, 1.54) is 6.21 Å². The maximum absolute atomic E-state index is 12.5. The SMILES string of the molecule is O=C(N/N=C\c1ccccc1OCc1ccccc1Cl)c1cc2cc(Br)cc(I)c2o1. The lowest BCUT2D eigenvalue weighted by Crippen LogP contribution is -2.16. The van der Waals surface area contributed by atoms with Crippen LogP contribution in [0.15, 0.2) is 80.7 Å². The van der Waals surface area contributed by atoms with Crippen LogP contribution in [0.1, 0.15) is 21.7 Å². The Morgan fingerprint density at radius 3 is 2.77 bits per heavy atom. The maximum atomic E-state index is 12.5. The van der Waals surface area contributed by atoms with Crippen LogP contribution in [-0.2, 0) is 6.61 Å². The number of ether oxygens (including phenoxy) is 1. The van der Waals surface area contributed by atoms with Gasteiger partial charge in [0.15, 0.2) is 5.76 Å². The van der Waals surface area contributed by atoms with Crippen molar-refractivity contribution in [2.75, 3.05) is 0 Å². The van der Waals surface area contributed by atoms with Crippen molar-refractivity contribution in [3.05, 3.63) is 96.7 Å². The van der Waals surface area contributed by atoms with E-state index in [1.54, 1.807) is 6.07 Å². The molecule has 0 aliphatic heterocycles. The summed E-state index contributed by atoms with van der Waals surface area (Å²) in [6, 6.07) is 20.4. The average molecular weight is 610 g/mol. The van der Waals surface area contributed by atoms with Crippen LogP contribution in [0, 0.1) is 3.57 Å². The van der Waals surface area contributed by atoms with E-state index in [0.717, 1.165) is 24.6 Å². The summed E-state index contributed by atoms with van der Waals surface area (Å²) in [5.41, 5.74) is 4.77. The third-order valence-electron chi connectivity index (χ3n) is 4.39. The van der Waals surface area contributed by atoms with Gasteiger partial charge in [0, 0.05) is 26.0 Å². The van der Waals surface area contributed by atoms with Gasteiger partial charge in [-0.15, -0.1) is 0 Å². The first-order chi connectivity index (χ1) is 15.0. The van der Waals surface area contributed by atoms with Crippen LogP contribution in [0.2, 0.25) is 5.02 Å². The highest BCUT2D eigenvalue weighted by Gasteiger charge is 2.14. The molecule has 0 spiro atoms. The maximum Gasteiger partial charge on any atom is 0.307 e. The first-order valence-corrected chi connectivity index (χ1v) is 11.4. The van der Waals surface area contributed by atoms with Crippen molar-refractivity contribution in [1.29, 1.82) is 0 Å². The zero-order valence-corrected chi connectivity index (χ0v) is 20.4. The van der Waals surface area contributed by atoms with Crippen molar-refractivity contribution in [2.24, 2.45) is 5.10 Å². The molecule has 1 heterocycles. The Kier molecular flexibility index (Phi) is 6.94. The van der Waals surface area contributed by atoms with E-state index in [2.05, 4.69) is 49.0 Å². The Morgan fingerprint density at radius 2 is 1.94 bits per heavy atom. The van der Waals surface area contributed by atoms with E-state index >= 15 is 0 Å². The molecule has 0 aliphatic carbocycles. The molecular formula is C23H15BrClIN2O3. The number of furan rings is 1. The van der Waals surface area contributed by atoms with Gasteiger partial charge in [0.25, 0.3) is 0 Å². The molecule has 0 fully saturated rings. The van der Waals surface area contributed by atoms with Crippen molar-refractivity contribution in [2.45, 2.75) is 6.61 Å². The normalized spacial score (nSPS) is 11.2. The molecule has 0 saturated heterocycles. The van der Waals surface area contributed by atoms with Crippen molar-refractivity contribution in [1.82, 2.24) is 5.43 Å². The number of hydrogen-bond acceptors (Lipinski definition) is 4. The first-order valence-electron chi connectivity index (χ1n) is 9.18. The number of carbonyl (C=O) groups excluding carboxylic acids is 1. The van der Waals surface area contributed by atoms with Gasteiger partial charge < -0.3 is 9.15 Å². The van der Waals surface area contributed by atoms with Gasteiger partial charge in [-0.2, -0.15) is 5.10 Å². The Balaban J connectivity index is 1.45. The highest BCUT2D eigenvalue weighted by molar-refractivity contribution is 14.1. The molecule has 3 aromatic carbocycles. The molecule has 0 atom stereocenters. The quantitative estimate of drug-likeness (QED) is 0.149. The molecule has 1 N–H and O–H groups in total. The van der Waals surface area contributed by atoms with E-state index in [-0.39, 0.29) is 5.76 Å². The Hall–Kier alpha value is -2.36. The summed E-state index contributed by atoms with van der Waals surface area (Å²) >= 11 is 11.8. The Labute approximate surface area is 205 Å². The van der Waals surface area contributed by atoms with Crippen molar-refractivity contribution < 1.29 is 13.9 Å². The standard InChI is InChI=1S/C23H15BrClIN2O3/c24-17-9-16-10-21(31-22(16)19(26)11-17)23(29)28-27-12-14-5-2-4-8-20(14)30-13-15-6-1-3-7-18(15)25/h1-12H,13H2,(H,28,29)/b27-12-. The summed E-state index contributed by atoms with van der Waals surface area (Å²) in [5, 5.41) is 5.55. The number of nitrogens with zero attached hydrogens (tertiary/aromatic N) is 1. The zero-order valence-electron chi connectivity index (χ0n) is 15.9. The number of hydrazone groups is 1. The number of benzene rings is 3. The van der Waals surface area contributed by atoms with Crippen molar-refractivity contribution >= 4 is 73.2 Å². The summed E-state index contributed by atoms with van der Waals surface area (Å²) < 4.78 is 13.4. The van der Waals surface area contributed by atoms with Crippen LogP contribution in [0.5, 0.6) is 5.75 Å². The summed E-state index contributed by atoms with van der Waals surface area (Å²) in [5.74, 6) is 0.379. The lowest BCUT2D eigenvalue weighted by molar-refractivity contribution is 0.0929.